The van der Waals surface area contributed by atoms with Crippen LogP contribution in [0.15, 0.2) is 24.3 Å². The van der Waals surface area contributed by atoms with Crippen molar-refractivity contribution in [1.29, 1.82) is 0 Å². The second kappa shape index (κ2) is 9.54. The summed E-state index contributed by atoms with van der Waals surface area (Å²) in [6, 6.07) is 8.36. The second-order valence-electron chi connectivity index (χ2n) is 5.40. The highest BCUT2D eigenvalue weighted by Gasteiger charge is 2.05. The van der Waals surface area contributed by atoms with Crippen LogP contribution in [0.4, 0.5) is 5.69 Å². The SMILES string of the molecule is CCCCCCCNC(C)c1cccc(NC(C)=O)c1. The van der Waals surface area contributed by atoms with E-state index in [9.17, 15) is 4.79 Å². The lowest BCUT2D eigenvalue weighted by Gasteiger charge is -2.15. The fraction of sp³-hybridized carbons (Fsp3) is 0.588. The molecular weight excluding hydrogens is 248 g/mol. The first-order chi connectivity index (χ1) is 9.63. The van der Waals surface area contributed by atoms with Crippen LogP contribution < -0.4 is 10.6 Å². The Kier molecular flexibility index (Phi) is 7.97. The summed E-state index contributed by atoms with van der Waals surface area (Å²) in [4.78, 5) is 11.1. The minimum Gasteiger partial charge on any atom is -0.326 e. The molecule has 0 spiro atoms. The van der Waals surface area contributed by atoms with Crippen LogP contribution in [0.1, 0.15) is 64.5 Å². The quantitative estimate of drug-likeness (QED) is 0.661. The molecule has 0 aromatic heterocycles. The fourth-order valence-corrected chi connectivity index (χ4v) is 2.25. The number of hydrogen-bond donors (Lipinski definition) is 2. The maximum Gasteiger partial charge on any atom is 0.221 e. The fourth-order valence-electron chi connectivity index (χ4n) is 2.25. The van der Waals surface area contributed by atoms with Crippen molar-refractivity contribution in [3.05, 3.63) is 29.8 Å². The van der Waals surface area contributed by atoms with Crippen LogP contribution in [-0.2, 0) is 4.79 Å². The van der Waals surface area contributed by atoms with Gasteiger partial charge in [0.15, 0.2) is 0 Å². The summed E-state index contributed by atoms with van der Waals surface area (Å²) >= 11 is 0. The lowest BCUT2D eigenvalue weighted by atomic mass is 10.1. The van der Waals surface area contributed by atoms with Crippen LogP contribution in [0.25, 0.3) is 0 Å². The number of unbranched alkanes of at least 4 members (excludes halogenated alkanes) is 4. The Bertz CT molecular complexity index is 404. The van der Waals surface area contributed by atoms with Crippen molar-refractivity contribution in [2.24, 2.45) is 0 Å². The Morgan fingerprint density at radius 3 is 2.65 bits per heavy atom. The van der Waals surface area contributed by atoms with Crippen molar-refractivity contribution in [3.8, 4) is 0 Å². The smallest absolute Gasteiger partial charge is 0.221 e. The van der Waals surface area contributed by atoms with Crippen LogP contribution in [0.5, 0.6) is 0 Å². The molecule has 112 valence electrons. The van der Waals surface area contributed by atoms with Crippen LogP contribution in [0.3, 0.4) is 0 Å². The molecule has 0 fully saturated rings. The molecule has 0 saturated heterocycles. The highest BCUT2D eigenvalue weighted by atomic mass is 16.1. The van der Waals surface area contributed by atoms with Crippen molar-refractivity contribution < 1.29 is 4.79 Å². The molecule has 0 aliphatic heterocycles. The van der Waals surface area contributed by atoms with E-state index in [1.807, 2.05) is 18.2 Å². The molecule has 1 amide bonds. The highest BCUT2D eigenvalue weighted by molar-refractivity contribution is 5.88. The summed E-state index contributed by atoms with van der Waals surface area (Å²) in [5.41, 5.74) is 2.08. The summed E-state index contributed by atoms with van der Waals surface area (Å²) in [6.45, 7) is 6.99. The first-order valence-corrected chi connectivity index (χ1v) is 7.74. The monoisotopic (exact) mass is 276 g/mol. The van der Waals surface area contributed by atoms with Gasteiger partial charge in [-0.25, -0.2) is 0 Å². The number of hydrogen-bond acceptors (Lipinski definition) is 2. The van der Waals surface area contributed by atoms with Crippen LogP contribution >= 0.6 is 0 Å². The van der Waals surface area contributed by atoms with Gasteiger partial charge in [0.1, 0.15) is 0 Å². The lowest BCUT2D eigenvalue weighted by Crippen LogP contribution is -2.20. The van der Waals surface area contributed by atoms with E-state index in [0.29, 0.717) is 6.04 Å². The molecule has 20 heavy (non-hydrogen) atoms. The van der Waals surface area contributed by atoms with E-state index in [0.717, 1.165) is 12.2 Å². The zero-order chi connectivity index (χ0) is 14.8. The van der Waals surface area contributed by atoms with Crippen LogP contribution in [-0.4, -0.2) is 12.5 Å². The molecule has 1 rings (SSSR count). The Morgan fingerprint density at radius 1 is 1.20 bits per heavy atom. The van der Waals surface area contributed by atoms with Gasteiger partial charge in [0.05, 0.1) is 0 Å². The topological polar surface area (TPSA) is 41.1 Å². The molecule has 0 heterocycles. The maximum absolute atomic E-state index is 11.1. The van der Waals surface area contributed by atoms with Crippen molar-refractivity contribution >= 4 is 11.6 Å². The first-order valence-electron chi connectivity index (χ1n) is 7.74. The van der Waals surface area contributed by atoms with E-state index < -0.39 is 0 Å². The standard InChI is InChI=1S/C17H28N2O/c1-4-5-6-7-8-12-18-14(2)16-10-9-11-17(13-16)19-15(3)20/h9-11,13-14,18H,4-8,12H2,1-3H3,(H,19,20). The number of anilines is 1. The molecule has 1 aromatic carbocycles. The molecule has 0 radical (unpaired) electrons. The van der Waals surface area contributed by atoms with Crippen LogP contribution in [0, 0.1) is 0 Å². The van der Waals surface area contributed by atoms with E-state index in [1.54, 1.807) is 0 Å². The summed E-state index contributed by atoms with van der Waals surface area (Å²) in [5, 5.41) is 6.37. The number of benzene rings is 1. The van der Waals surface area contributed by atoms with Crippen LogP contribution in [0.2, 0.25) is 0 Å². The van der Waals surface area contributed by atoms with Gasteiger partial charge in [-0.3, -0.25) is 4.79 Å². The first kappa shape index (κ1) is 16.7. The third kappa shape index (κ3) is 6.71. The number of rotatable bonds is 9. The van der Waals surface area contributed by atoms with Gasteiger partial charge in [0, 0.05) is 18.7 Å². The largest absolute Gasteiger partial charge is 0.326 e. The molecular formula is C17H28N2O. The zero-order valence-corrected chi connectivity index (χ0v) is 13.0. The summed E-state index contributed by atoms with van der Waals surface area (Å²) in [5.74, 6) is -0.0290. The van der Waals surface area contributed by atoms with E-state index >= 15 is 0 Å². The summed E-state index contributed by atoms with van der Waals surface area (Å²) in [7, 11) is 0. The van der Waals surface area contributed by atoms with E-state index in [2.05, 4.69) is 30.5 Å². The van der Waals surface area contributed by atoms with Crippen molar-refractivity contribution in [2.45, 2.75) is 58.9 Å². The second-order valence-corrected chi connectivity index (χ2v) is 5.40. The Labute approximate surface area is 123 Å². The Hall–Kier alpha value is -1.35. The number of carbonyl (C=O) groups excluding carboxylic acids is 1. The van der Waals surface area contributed by atoms with Gasteiger partial charge in [-0.05, 0) is 37.6 Å². The van der Waals surface area contributed by atoms with Gasteiger partial charge in [0.25, 0.3) is 0 Å². The van der Waals surface area contributed by atoms with Gasteiger partial charge >= 0.3 is 0 Å². The molecule has 3 heteroatoms. The zero-order valence-electron chi connectivity index (χ0n) is 13.0. The predicted molar refractivity (Wildman–Crippen MR) is 85.9 cm³/mol. The summed E-state index contributed by atoms with van der Waals surface area (Å²) < 4.78 is 0. The van der Waals surface area contributed by atoms with Crippen molar-refractivity contribution in [1.82, 2.24) is 5.32 Å². The minimum absolute atomic E-state index is 0.0290. The number of carbonyl (C=O) groups is 1. The minimum atomic E-state index is -0.0290. The molecule has 1 aromatic rings. The van der Waals surface area contributed by atoms with Gasteiger partial charge in [-0.15, -0.1) is 0 Å². The van der Waals surface area contributed by atoms with E-state index in [4.69, 9.17) is 0 Å². The molecule has 0 aliphatic carbocycles. The molecule has 1 atom stereocenters. The normalized spacial score (nSPS) is 12.2. The Morgan fingerprint density at radius 2 is 1.95 bits per heavy atom. The summed E-state index contributed by atoms with van der Waals surface area (Å²) in [6.07, 6.45) is 6.51. The molecule has 0 bridgehead atoms. The molecule has 0 aliphatic rings. The average molecular weight is 276 g/mol. The number of nitrogens with one attached hydrogen (secondary N) is 2. The predicted octanol–water partition coefficient (Wildman–Crippen LogP) is 4.27. The van der Waals surface area contributed by atoms with Gasteiger partial charge in [-0.1, -0.05) is 44.7 Å². The lowest BCUT2D eigenvalue weighted by molar-refractivity contribution is -0.114. The highest BCUT2D eigenvalue weighted by Crippen LogP contribution is 2.17. The molecule has 3 nitrogen and oxygen atoms in total. The third-order valence-corrected chi connectivity index (χ3v) is 3.44. The van der Waals surface area contributed by atoms with Crippen molar-refractivity contribution in [3.63, 3.8) is 0 Å². The van der Waals surface area contributed by atoms with E-state index in [-0.39, 0.29) is 5.91 Å². The Balaban J connectivity index is 2.35. The van der Waals surface area contributed by atoms with Gasteiger partial charge in [-0.2, -0.15) is 0 Å². The van der Waals surface area contributed by atoms with Gasteiger partial charge in [0.2, 0.25) is 5.91 Å². The maximum atomic E-state index is 11.1. The average Bonchev–Trinajstić information content (AvgIpc) is 2.42. The van der Waals surface area contributed by atoms with E-state index in [1.165, 1.54) is 44.6 Å². The number of amides is 1. The van der Waals surface area contributed by atoms with Crippen molar-refractivity contribution in [2.75, 3.05) is 11.9 Å². The third-order valence-electron chi connectivity index (χ3n) is 3.44. The van der Waals surface area contributed by atoms with Gasteiger partial charge < -0.3 is 10.6 Å². The molecule has 0 saturated carbocycles. The molecule has 1 unspecified atom stereocenters. The molecule has 2 N–H and O–H groups in total.